The Hall–Kier alpha value is -2.75. The number of fused-ring (bicyclic) bond motifs is 1. The lowest BCUT2D eigenvalue weighted by molar-refractivity contribution is 0.0764. The molecular formula is C15H15FN2O4. The molecule has 0 spiro atoms. The van der Waals surface area contributed by atoms with Gasteiger partial charge in [-0.15, -0.1) is 6.42 Å². The molecule has 1 aliphatic heterocycles. The summed E-state index contributed by atoms with van der Waals surface area (Å²) in [6.07, 6.45) is 4.63. The molecule has 1 heterocycles. The molecule has 7 heteroatoms. The van der Waals surface area contributed by atoms with E-state index in [1.807, 2.05) is 0 Å². The van der Waals surface area contributed by atoms with Crippen LogP contribution in [0.15, 0.2) is 12.1 Å². The van der Waals surface area contributed by atoms with E-state index in [0.29, 0.717) is 5.56 Å². The van der Waals surface area contributed by atoms with Crippen LogP contribution >= 0.6 is 0 Å². The van der Waals surface area contributed by atoms with Crippen LogP contribution in [-0.2, 0) is 11.3 Å². The minimum absolute atomic E-state index is 0.00938. The number of nitrogens with zero attached hydrogens (tertiary/aromatic N) is 1. The van der Waals surface area contributed by atoms with Crippen LogP contribution < -0.4 is 10.1 Å². The first-order chi connectivity index (χ1) is 10.5. The van der Waals surface area contributed by atoms with Crippen LogP contribution in [0, 0.1) is 18.2 Å². The lowest BCUT2D eigenvalue weighted by Gasteiger charge is -2.20. The van der Waals surface area contributed by atoms with Crippen LogP contribution in [0.4, 0.5) is 9.18 Å². The highest BCUT2D eigenvalue weighted by Gasteiger charge is 2.33. The van der Waals surface area contributed by atoms with Crippen molar-refractivity contribution in [1.29, 1.82) is 0 Å². The van der Waals surface area contributed by atoms with Gasteiger partial charge < -0.3 is 19.7 Å². The van der Waals surface area contributed by atoms with E-state index >= 15 is 0 Å². The summed E-state index contributed by atoms with van der Waals surface area (Å²) in [4.78, 5) is 24.9. The van der Waals surface area contributed by atoms with E-state index in [1.165, 1.54) is 25.2 Å². The van der Waals surface area contributed by atoms with E-state index in [2.05, 4.69) is 16.0 Å². The predicted molar refractivity (Wildman–Crippen MR) is 75.9 cm³/mol. The van der Waals surface area contributed by atoms with Gasteiger partial charge in [-0.1, -0.05) is 12.0 Å². The summed E-state index contributed by atoms with van der Waals surface area (Å²) in [6, 6.07) is 2.38. The lowest BCUT2D eigenvalue weighted by atomic mass is 10.1. The average Bonchev–Trinajstić information content (AvgIpc) is 2.83. The first-order valence-electron chi connectivity index (χ1n) is 6.47. The number of carbonyl (C=O) groups excluding carboxylic acids is 2. The van der Waals surface area contributed by atoms with Crippen molar-refractivity contribution in [3.63, 3.8) is 0 Å². The third-order valence-corrected chi connectivity index (χ3v) is 3.36. The van der Waals surface area contributed by atoms with Crippen molar-refractivity contribution < 1.29 is 23.5 Å². The molecule has 22 heavy (non-hydrogen) atoms. The number of terminal acetylenes is 1. The number of alkyl carbamates (subject to hydrolysis) is 1. The van der Waals surface area contributed by atoms with Crippen LogP contribution in [0.25, 0.3) is 0 Å². The Morgan fingerprint density at radius 2 is 2.27 bits per heavy atom. The van der Waals surface area contributed by atoms with Crippen molar-refractivity contribution >= 4 is 12.0 Å². The van der Waals surface area contributed by atoms with Gasteiger partial charge in [0.25, 0.3) is 5.91 Å². The van der Waals surface area contributed by atoms with Crippen molar-refractivity contribution in [3.05, 3.63) is 29.1 Å². The van der Waals surface area contributed by atoms with E-state index in [4.69, 9.17) is 11.2 Å². The standard InChI is InChI=1S/C15H15FN2O4/c1-4-10(17-15(20)22-3)8-18-7-9-5-6-11(21-2)13(16)12(9)14(18)19/h1,5-6,10H,7-8H2,2-3H3,(H,17,20)/t10-/m1/s1. The third-order valence-electron chi connectivity index (χ3n) is 3.36. The van der Waals surface area contributed by atoms with Crippen molar-refractivity contribution in [2.24, 2.45) is 0 Å². The quantitative estimate of drug-likeness (QED) is 0.847. The van der Waals surface area contributed by atoms with Gasteiger partial charge in [-0.3, -0.25) is 4.79 Å². The van der Waals surface area contributed by atoms with E-state index in [1.54, 1.807) is 6.07 Å². The number of methoxy groups -OCH3 is 2. The minimum Gasteiger partial charge on any atom is -0.494 e. The molecule has 0 saturated carbocycles. The van der Waals surface area contributed by atoms with Gasteiger partial charge in [0.05, 0.1) is 26.3 Å². The fourth-order valence-corrected chi connectivity index (χ4v) is 2.26. The zero-order chi connectivity index (χ0) is 16.3. The molecule has 1 aromatic carbocycles. The van der Waals surface area contributed by atoms with Crippen LogP contribution in [0.3, 0.4) is 0 Å². The second-order valence-electron chi connectivity index (χ2n) is 4.66. The number of halogens is 1. The largest absolute Gasteiger partial charge is 0.494 e. The molecule has 0 bridgehead atoms. The molecule has 1 aliphatic rings. The summed E-state index contributed by atoms with van der Waals surface area (Å²) in [7, 11) is 2.54. The predicted octanol–water partition coefficient (Wildman–Crippen LogP) is 1.15. The van der Waals surface area contributed by atoms with Gasteiger partial charge in [-0.05, 0) is 11.6 Å². The highest BCUT2D eigenvalue weighted by Crippen LogP contribution is 2.30. The lowest BCUT2D eigenvalue weighted by Crippen LogP contribution is -2.43. The zero-order valence-corrected chi connectivity index (χ0v) is 12.2. The van der Waals surface area contributed by atoms with Gasteiger partial charge in [0.1, 0.15) is 6.04 Å². The van der Waals surface area contributed by atoms with E-state index in [-0.39, 0.29) is 24.4 Å². The number of rotatable bonds is 4. The second-order valence-corrected chi connectivity index (χ2v) is 4.66. The van der Waals surface area contributed by atoms with Crippen LogP contribution in [-0.4, -0.2) is 43.7 Å². The van der Waals surface area contributed by atoms with Gasteiger partial charge in [0, 0.05) is 6.54 Å². The monoisotopic (exact) mass is 306 g/mol. The molecule has 0 unspecified atom stereocenters. The summed E-state index contributed by atoms with van der Waals surface area (Å²) >= 11 is 0. The van der Waals surface area contributed by atoms with E-state index < -0.39 is 23.9 Å². The minimum atomic E-state index is -0.726. The topological polar surface area (TPSA) is 67.9 Å². The van der Waals surface area contributed by atoms with Crippen molar-refractivity contribution in [2.75, 3.05) is 20.8 Å². The van der Waals surface area contributed by atoms with Gasteiger partial charge in [0.15, 0.2) is 11.6 Å². The molecule has 1 atom stereocenters. The van der Waals surface area contributed by atoms with Crippen molar-refractivity contribution in [3.8, 4) is 18.1 Å². The molecule has 2 rings (SSSR count). The van der Waals surface area contributed by atoms with Crippen molar-refractivity contribution in [1.82, 2.24) is 10.2 Å². The van der Waals surface area contributed by atoms with Crippen molar-refractivity contribution in [2.45, 2.75) is 12.6 Å². The molecule has 0 aromatic heterocycles. The smallest absolute Gasteiger partial charge is 0.407 e. The third kappa shape index (κ3) is 2.81. The molecule has 116 valence electrons. The van der Waals surface area contributed by atoms with Gasteiger partial charge in [0.2, 0.25) is 0 Å². The Morgan fingerprint density at radius 1 is 1.55 bits per heavy atom. The normalized spacial score (nSPS) is 14.1. The maximum Gasteiger partial charge on any atom is 0.407 e. The average molecular weight is 306 g/mol. The number of hydrogen-bond acceptors (Lipinski definition) is 4. The van der Waals surface area contributed by atoms with Crippen LogP contribution in [0.5, 0.6) is 5.75 Å². The molecule has 2 amide bonds. The number of ether oxygens (including phenoxy) is 2. The molecule has 0 fully saturated rings. The first kappa shape index (κ1) is 15.6. The van der Waals surface area contributed by atoms with Crippen LogP contribution in [0.2, 0.25) is 0 Å². The summed E-state index contributed by atoms with van der Waals surface area (Å²) in [6.45, 7) is 0.275. The summed E-state index contributed by atoms with van der Waals surface area (Å²) in [5.41, 5.74) is 0.533. The van der Waals surface area contributed by atoms with Gasteiger partial charge in [-0.25, -0.2) is 9.18 Å². The summed E-state index contributed by atoms with van der Waals surface area (Å²) in [5.74, 6) is 1.19. The first-order valence-corrected chi connectivity index (χ1v) is 6.47. The maximum atomic E-state index is 14.2. The fraction of sp³-hybridized carbons (Fsp3) is 0.333. The molecule has 0 aliphatic carbocycles. The molecule has 1 N–H and O–H groups in total. The number of benzene rings is 1. The molecular weight excluding hydrogens is 291 g/mol. The fourth-order valence-electron chi connectivity index (χ4n) is 2.26. The number of amides is 2. The Bertz CT molecular complexity index is 654. The highest BCUT2D eigenvalue weighted by molar-refractivity contribution is 5.99. The summed E-state index contributed by atoms with van der Waals surface area (Å²) in [5, 5.41) is 2.42. The highest BCUT2D eigenvalue weighted by atomic mass is 19.1. The second kappa shape index (κ2) is 6.35. The Kier molecular flexibility index (Phi) is 4.51. The number of nitrogens with one attached hydrogen (secondary N) is 1. The maximum absolute atomic E-state index is 14.2. The van der Waals surface area contributed by atoms with E-state index in [0.717, 1.165) is 0 Å². The molecule has 6 nitrogen and oxygen atoms in total. The Morgan fingerprint density at radius 3 is 2.86 bits per heavy atom. The van der Waals surface area contributed by atoms with E-state index in [9.17, 15) is 14.0 Å². The van der Waals surface area contributed by atoms with Crippen LogP contribution in [0.1, 0.15) is 15.9 Å². The Balaban J connectivity index is 2.17. The van der Waals surface area contributed by atoms with Gasteiger partial charge in [-0.2, -0.15) is 0 Å². The Labute approximate surface area is 127 Å². The summed E-state index contributed by atoms with van der Waals surface area (Å²) < 4.78 is 23.5. The molecule has 0 radical (unpaired) electrons. The molecule has 1 aromatic rings. The van der Waals surface area contributed by atoms with Gasteiger partial charge >= 0.3 is 6.09 Å². The number of hydrogen-bond donors (Lipinski definition) is 1. The zero-order valence-electron chi connectivity index (χ0n) is 12.2. The number of carbonyl (C=O) groups is 2. The molecule has 0 saturated heterocycles. The SMILES string of the molecule is C#C[C@H](CN1Cc2ccc(OC)c(F)c2C1=O)NC(=O)OC.